The first-order valence-corrected chi connectivity index (χ1v) is 8.13. The van der Waals surface area contributed by atoms with Crippen LogP contribution < -0.4 is 16.0 Å². The fraction of sp³-hybridized carbons (Fsp3) is 0.500. The molecule has 3 N–H and O–H groups in total. The van der Waals surface area contributed by atoms with Crippen LogP contribution in [0.25, 0.3) is 0 Å². The Kier molecular flexibility index (Phi) is 4.75. The van der Waals surface area contributed by atoms with Gasteiger partial charge in [-0.25, -0.2) is 0 Å². The van der Waals surface area contributed by atoms with Crippen LogP contribution in [0.4, 0.5) is 11.4 Å². The van der Waals surface area contributed by atoms with Crippen LogP contribution in [0.5, 0.6) is 0 Å². The molecule has 1 aromatic rings. The van der Waals surface area contributed by atoms with Crippen molar-refractivity contribution in [1.82, 2.24) is 10.6 Å². The van der Waals surface area contributed by atoms with Gasteiger partial charge in [0.05, 0.1) is 17.4 Å². The van der Waals surface area contributed by atoms with E-state index in [2.05, 4.69) is 16.0 Å². The van der Waals surface area contributed by atoms with E-state index in [-0.39, 0.29) is 36.0 Å². The highest BCUT2D eigenvalue weighted by atomic mass is 16.6. The van der Waals surface area contributed by atoms with E-state index in [1.165, 1.54) is 24.3 Å². The van der Waals surface area contributed by atoms with Crippen LogP contribution in [-0.4, -0.2) is 34.9 Å². The average Bonchev–Trinajstić information content (AvgIpc) is 2.56. The molecule has 8 nitrogen and oxygen atoms in total. The van der Waals surface area contributed by atoms with Crippen LogP contribution >= 0.6 is 0 Å². The van der Waals surface area contributed by atoms with Gasteiger partial charge in [0.25, 0.3) is 5.69 Å². The normalized spacial score (nSPS) is 26.2. The number of hydrogen-bond acceptors (Lipinski definition) is 5. The molecule has 1 aliphatic carbocycles. The number of amides is 2. The maximum atomic E-state index is 12.1. The number of nitro benzene ring substituents is 1. The summed E-state index contributed by atoms with van der Waals surface area (Å²) in [5.74, 6) is -0.442. The highest BCUT2D eigenvalue weighted by molar-refractivity contribution is 5.95. The van der Waals surface area contributed by atoms with Crippen molar-refractivity contribution in [2.75, 3.05) is 5.32 Å². The Morgan fingerprint density at radius 1 is 1.21 bits per heavy atom. The van der Waals surface area contributed by atoms with Crippen molar-refractivity contribution >= 4 is 23.2 Å². The average molecular weight is 332 g/mol. The quantitative estimate of drug-likeness (QED) is 0.568. The molecule has 0 spiro atoms. The summed E-state index contributed by atoms with van der Waals surface area (Å²) in [6, 6.07) is 5.46. The molecule has 1 saturated heterocycles. The second-order valence-electron chi connectivity index (χ2n) is 6.28. The van der Waals surface area contributed by atoms with Gasteiger partial charge in [0, 0.05) is 29.9 Å². The lowest BCUT2D eigenvalue weighted by molar-refractivity contribution is -0.384. The number of fused-ring (bicyclic) bond motifs is 1. The molecular weight excluding hydrogens is 312 g/mol. The van der Waals surface area contributed by atoms with Crippen molar-refractivity contribution < 1.29 is 14.5 Å². The lowest BCUT2D eigenvalue weighted by Crippen LogP contribution is -2.65. The number of piperazine rings is 1. The third-order valence-corrected chi connectivity index (χ3v) is 4.58. The summed E-state index contributed by atoms with van der Waals surface area (Å²) in [6.07, 6.45) is 4.27. The Hall–Kier alpha value is -2.48. The second-order valence-corrected chi connectivity index (χ2v) is 6.28. The van der Waals surface area contributed by atoms with E-state index >= 15 is 0 Å². The molecule has 2 aliphatic rings. The number of non-ortho nitro benzene ring substituents is 1. The van der Waals surface area contributed by atoms with Crippen LogP contribution in [0.3, 0.4) is 0 Å². The summed E-state index contributed by atoms with van der Waals surface area (Å²) in [6.45, 7) is 0. The third-order valence-electron chi connectivity index (χ3n) is 4.58. The first-order valence-electron chi connectivity index (χ1n) is 8.13. The van der Waals surface area contributed by atoms with Gasteiger partial charge in [-0.3, -0.25) is 19.7 Å². The Balaban J connectivity index is 1.56. The van der Waals surface area contributed by atoms with Crippen molar-refractivity contribution in [3.8, 4) is 0 Å². The number of nitrogens with zero attached hydrogens (tertiary/aromatic N) is 1. The zero-order valence-corrected chi connectivity index (χ0v) is 13.2. The van der Waals surface area contributed by atoms with Gasteiger partial charge < -0.3 is 16.0 Å². The fourth-order valence-electron chi connectivity index (χ4n) is 3.34. The molecule has 128 valence electrons. The van der Waals surface area contributed by atoms with E-state index in [9.17, 15) is 19.7 Å². The zero-order valence-electron chi connectivity index (χ0n) is 13.2. The van der Waals surface area contributed by atoms with E-state index in [0.717, 1.165) is 25.7 Å². The lowest BCUT2D eigenvalue weighted by atomic mass is 9.87. The van der Waals surface area contributed by atoms with Gasteiger partial charge in [-0.05, 0) is 25.0 Å². The number of carbonyl (C=O) groups is 2. The number of carbonyl (C=O) groups excluding carboxylic acids is 2. The van der Waals surface area contributed by atoms with Gasteiger partial charge in [0.1, 0.15) is 0 Å². The maximum absolute atomic E-state index is 12.1. The first-order chi connectivity index (χ1) is 11.5. The summed E-state index contributed by atoms with van der Waals surface area (Å²) >= 11 is 0. The van der Waals surface area contributed by atoms with Gasteiger partial charge in [0.2, 0.25) is 11.8 Å². The molecule has 24 heavy (non-hydrogen) atoms. The number of nitrogens with one attached hydrogen (secondary N) is 3. The molecule has 2 fully saturated rings. The van der Waals surface area contributed by atoms with Crippen LogP contribution in [0.1, 0.15) is 32.1 Å². The molecule has 1 aromatic carbocycles. The predicted octanol–water partition coefficient (Wildman–Crippen LogP) is 1.32. The third kappa shape index (κ3) is 3.70. The van der Waals surface area contributed by atoms with Crippen molar-refractivity contribution in [1.29, 1.82) is 0 Å². The molecule has 0 unspecified atom stereocenters. The van der Waals surface area contributed by atoms with Gasteiger partial charge in [-0.2, -0.15) is 0 Å². The topological polar surface area (TPSA) is 113 Å². The number of anilines is 1. The SMILES string of the molecule is O=C(C[C@H]1N[C@@H]2CCCC[C@@H]2NC1=O)Nc1ccc([N+](=O)[O-])cc1. The Bertz CT molecular complexity index is 646. The van der Waals surface area contributed by atoms with E-state index in [1.54, 1.807) is 0 Å². The number of rotatable bonds is 4. The summed E-state index contributed by atoms with van der Waals surface area (Å²) in [5, 5.41) is 19.6. The molecular formula is C16H20N4O4. The highest BCUT2D eigenvalue weighted by Gasteiger charge is 2.36. The van der Waals surface area contributed by atoms with Crippen LogP contribution in [0, 0.1) is 10.1 Å². The largest absolute Gasteiger partial charge is 0.350 e. The zero-order chi connectivity index (χ0) is 17.1. The molecule has 1 aliphatic heterocycles. The van der Waals surface area contributed by atoms with E-state index in [4.69, 9.17) is 0 Å². The summed E-state index contributed by atoms with van der Waals surface area (Å²) in [4.78, 5) is 34.4. The van der Waals surface area contributed by atoms with E-state index in [0.29, 0.717) is 5.69 Å². The van der Waals surface area contributed by atoms with Crippen molar-refractivity contribution in [2.24, 2.45) is 0 Å². The van der Waals surface area contributed by atoms with Gasteiger partial charge in [-0.15, -0.1) is 0 Å². The predicted molar refractivity (Wildman–Crippen MR) is 87.5 cm³/mol. The molecule has 1 heterocycles. The highest BCUT2D eigenvalue weighted by Crippen LogP contribution is 2.22. The maximum Gasteiger partial charge on any atom is 0.269 e. The monoisotopic (exact) mass is 332 g/mol. The second kappa shape index (κ2) is 6.96. The van der Waals surface area contributed by atoms with Gasteiger partial charge in [0.15, 0.2) is 0 Å². The first kappa shape index (κ1) is 16.4. The molecule has 0 aromatic heterocycles. The van der Waals surface area contributed by atoms with Crippen molar-refractivity contribution in [3.63, 3.8) is 0 Å². The fourth-order valence-corrected chi connectivity index (χ4v) is 3.34. The van der Waals surface area contributed by atoms with E-state index < -0.39 is 11.0 Å². The Morgan fingerprint density at radius 2 is 1.88 bits per heavy atom. The Labute approximate surface area is 139 Å². The van der Waals surface area contributed by atoms with Crippen LogP contribution in [0.15, 0.2) is 24.3 Å². The van der Waals surface area contributed by atoms with Crippen LogP contribution in [0.2, 0.25) is 0 Å². The smallest absolute Gasteiger partial charge is 0.269 e. The number of hydrogen-bond donors (Lipinski definition) is 3. The molecule has 0 bridgehead atoms. The lowest BCUT2D eigenvalue weighted by Gasteiger charge is -2.40. The summed E-state index contributed by atoms with van der Waals surface area (Å²) in [7, 11) is 0. The van der Waals surface area contributed by atoms with Crippen molar-refractivity contribution in [2.45, 2.75) is 50.2 Å². The van der Waals surface area contributed by atoms with Gasteiger partial charge >= 0.3 is 0 Å². The molecule has 2 amide bonds. The standard InChI is InChI=1S/C16H20N4O4/c21-15(17-10-5-7-11(8-6-10)20(23)24)9-14-16(22)19-13-4-2-1-3-12(13)18-14/h5-8,12-14,18H,1-4,9H2,(H,17,21)(H,19,22)/t12-,13+,14-/m1/s1. The molecule has 1 saturated carbocycles. The van der Waals surface area contributed by atoms with E-state index in [1.807, 2.05) is 0 Å². The summed E-state index contributed by atoms with van der Waals surface area (Å²) in [5.41, 5.74) is 0.432. The molecule has 3 atom stereocenters. The molecule has 0 radical (unpaired) electrons. The van der Waals surface area contributed by atoms with Gasteiger partial charge in [-0.1, -0.05) is 12.8 Å². The minimum atomic E-state index is -0.539. The molecule has 8 heteroatoms. The minimum absolute atomic E-state index is 0.0338. The van der Waals surface area contributed by atoms with Crippen LogP contribution in [-0.2, 0) is 9.59 Å². The minimum Gasteiger partial charge on any atom is -0.350 e. The molecule has 3 rings (SSSR count). The number of nitro groups is 1. The summed E-state index contributed by atoms with van der Waals surface area (Å²) < 4.78 is 0. The Morgan fingerprint density at radius 3 is 2.54 bits per heavy atom. The number of benzene rings is 1. The van der Waals surface area contributed by atoms with Crippen molar-refractivity contribution in [3.05, 3.63) is 34.4 Å².